The molecule has 5 nitrogen and oxygen atoms in total. The summed E-state index contributed by atoms with van der Waals surface area (Å²) in [6.45, 7) is 1.54. The van der Waals surface area contributed by atoms with Gasteiger partial charge in [0.1, 0.15) is 0 Å². The van der Waals surface area contributed by atoms with Crippen LogP contribution < -0.4 is 14.2 Å². The van der Waals surface area contributed by atoms with Gasteiger partial charge in [-0.3, -0.25) is 4.79 Å². The molecular formula is C14H17NO4. The van der Waals surface area contributed by atoms with Gasteiger partial charge >= 0.3 is 0 Å². The number of carbonyl (C=O) groups is 1. The maximum absolute atomic E-state index is 11.7. The smallest absolute Gasteiger partial charge is 0.205 e. The van der Waals surface area contributed by atoms with Crippen molar-refractivity contribution in [2.24, 2.45) is 7.05 Å². The number of ketones is 1. The van der Waals surface area contributed by atoms with E-state index in [0.717, 1.165) is 10.9 Å². The van der Waals surface area contributed by atoms with Gasteiger partial charge in [-0.15, -0.1) is 0 Å². The Balaban J connectivity index is 2.94. The van der Waals surface area contributed by atoms with E-state index in [9.17, 15) is 4.79 Å². The van der Waals surface area contributed by atoms with Crippen LogP contribution in [0.3, 0.4) is 0 Å². The molecule has 19 heavy (non-hydrogen) atoms. The molecule has 1 heterocycles. The lowest BCUT2D eigenvalue weighted by atomic mass is 10.1. The lowest BCUT2D eigenvalue weighted by Crippen LogP contribution is -1.98. The normalized spacial score (nSPS) is 10.6. The number of Topliss-reactive ketones (excluding diaryl/α,β-unsaturated/α-hetero) is 1. The van der Waals surface area contributed by atoms with Gasteiger partial charge in [0.2, 0.25) is 5.75 Å². The van der Waals surface area contributed by atoms with Crippen LogP contribution in [0.15, 0.2) is 12.3 Å². The number of carbonyl (C=O) groups excluding carboxylic acids is 1. The summed E-state index contributed by atoms with van der Waals surface area (Å²) in [6.07, 6.45) is 1.79. The molecule has 0 amide bonds. The number of aryl methyl sites for hydroxylation is 1. The maximum Gasteiger partial charge on any atom is 0.205 e. The molecule has 0 bridgehead atoms. The Kier molecular flexibility index (Phi) is 3.38. The van der Waals surface area contributed by atoms with Gasteiger partial charge < -0.3 is 18.8 Å². The summed E-state index contributed by atoms with van der Waals surface area (Å²) in [7, 11) is 6.54. The third kappa shape index (κ3) is 1.91. The van der Waals surface area contributed by atoms with E-state index in [1.54, 1.807) is 33.6 Å². The van der Waals surface area contributed by atoms with E-state index < -0.39 is 0 Å². The van der Waals surface area contributed by atoms with Gasteiger partial charge in [-0.2, -0.15) is 0 Å². The van der Waals surface area contributed by atoms with E-state index in [1.165, 1.54) is 6.92 Å². The minimum atomic E-state index is -0.000118. The second kappa shape index (κ2) is 4.84. The molecule has 0 N–H and O–H groups in total. The van der Waals surface area contributed by atoms with Crippen molar-refractivity contribution in [2.45, 2.75) is 6.92 Å². The van der Waals surface area contributed by atoms with Crippen molar-refractivity contribution in [3.63, 3.8) is 0 Å². The molecule has 0 aliphatic carbocycles. The molecule has 0 aliphatic heterocycles. The SMILES string of the molecule is COc1cc2c(C(C)=O)cn(C)c2c(OC)c1OC. The van der Waals surface area contributed by atoms with Gasteiger partial charge in [-0.05, 0) is 13.0 Å². The topological polar surface area (TPSA) is 49.7 Å². The summed E-state index contributed by atoms with van der Waals surface area (Å²) in [4.78, 5) is 11.7. The minimum Gasteiger partial charge on any atom is -0.493 e. The van der Waals surface area contributed by atoms with Crippen molar-refractivity contribution < 1.29 is 19.0 Å². The van der Waals surface area contributed by atoms with Crippen LogP contribution >= 0.6 is 0 Å². The third-order valence-corrected chi connectivity index (χ3v) is 3.15. The zero-order chi connectivity index (χ0) is 14.2. The Bertz CT molecular complexity index is 643. The summed E-state index contributed by atoms with van der Waals surface area (Å²) in [5, 5.41) is 0.796. The van der Waals surface area contributed by atoms with Crippen molar-refractivity contribution in [2.75, 3.05) is 21.3 Å². The number of rotatable bonds is 4. The average Bonchev–Trinajstić information content (AvgIpc) is 2.73. The second-order valence-corrected chi connectivity index (χ2v) is 4.25. The van der Waals surface area contributed by atoms with Crippen LogP contribution in [0, 0.1) is 0 Å². The highest BCUT2D eigenvalue weighted by molar-refractivity contribution is 6.09. The van der Waals surface area contributed by atoms with Crippen molar-refractivity contribution >= 4 is 16.7 Å². The van der Waals surface area contributed by atoms with Gasteiger partial charge in [0.05, 0.1) is 26.8 Å². The van der Waals surface area contributed by atoms with E-state index in [0.29, 0.717) is 22.8 Å². The second-order valence-electron chi connectivity index (χ2n) is 4.25. The molecule has 1 aromatic heterocycles. The molecule has 0 aliphatic rings. The van der Waals surface area contributed by atoms with E-state index in [-0.39, 0.29) is 5.78 Å². The molecule has 0 spiro atoms. The monoisotopic (exact) mass is 263 g/mol. The fraction of sp³-hybridized carbons (Fsp3) is 0.357. The van der Waals surface area contributed by atoms with Gasteiger partial charge in [-0.25, -0.2) is 0 Å². The van der Waals surface area contributed by atoms with Crippen LogP contribution in [0.2, 0.25) is 0 Å². The van der Waals surface area contributed by atoms with E-state index in [4.69, 9.17) is 14.2 Å². The molecule has 2 rings (SSSR count). The predicted octanol–water partition coefficient (Wildman–Crippen LogP) is 2.41. The summed E-state index contributed by atoms with van der Waals surface area (Å²) in [5.74, 6) is 1.63. The minimum absolute atomic E-state index is 0.000118. The van der Waals surface area contributed by atoms with Crippen molar-refractivity contribution in [1.29, 1.82) is 0 Å². The van der Waals surface area contributed by atoms with Crippen LogP contribution in [0.5, 0.6) is 17.2 Å². The van der Waals surface area contributed by atoms with Gasteiger partial charge in [0, 0.05) is 24.2 Å². The molecule has 2 aromatic rings. The van der Waals surface area contributed by atoms with Crippen LogP contribution in [-0.2, 0) is 7.05 Å². The fourth-order valence-electron chi connectivity index (χ4n) is 2.30. The molecule has 0 saturated heterocycles. The molecule has 0 atom stereocenters. The van der Waals surface area contributed by atoms with Crippen LogP contribution in [0.4, 0.5) is 0 Å². The van der Waals surface area contributed by atoms with E-state index >= 15 is 0 Å². The molecule has 0 unspecified atom stereocenters. The zero-order valence-corrected chi connectivity index (χ0v) is 11.7. The zero-order valence-electron chi connectivity index (χ0n) is 11.7. The maximum atomic E-state index is 11.7. The standard InChI is InChI=1S/C14H17NO4/c1-8(16)10-7-15(2)12-9(10)6-11(17-3)13(18-4)14(12)19-5/h6-7H,1-5H3. The fourth-order valence-corrected chi connectivity index (χ4v) is 2.30. The number of hydrogen-bond donors (Lipinski definition) is 0. The number of ether oxygens (including phenoxy) is 3. The first kappa shape index (κ1) is 13.3. The van der Waals surface area contributed by atoms with Gasteiger partial charge in [0.25, 0.3) is 0 Å². The molecule has 1 aromatic carbocycles. The Hall–Kier alpha value is -2.17. The first-order valence-corrected chi connectivity index (χ1v) is 5.84. The number of methoxy groups -OCH3 is 3. The number of fused-ring (bicyclic) bond motifs is 1. The summed E-state index contributed by atoms with van der Waals surface area (Å²) < 4.78 is 17.9. The Morgan fingerprint density at radius 2 is 1.74 bits per heavy atom. The molecule has 5 heteroatoms. The molecule has 0 fully saturated rings. The molecule has 0 saturated carbocycles. The van der Waals surface area contributed by atoms with Crippen LogP contribution in [-0.4, -0.2) is 31.7 Å². The van der Waals surface area contributed by atoms with Crippen molar-refractivity contribution in [1.82, 2.24) is 4.57 Å². The summed E-state index contributed by atoms with van der Waals surface area (Å²) >= 11 is 0. The molecular weight excluding hydrogens is 246 g/mol. The first-order chi connectivity index (χ1) is 9.04. The van der Waals surface area contributed by atoms with Crippen molar-refractivity contribution in [3.8, 4) is 17.2 Å². The van der Waals surface area contributed by atoms with E-state index in [1.807, 2.05) is 11.6 Å². The highest BCUT2D eigenvalue weighted by Crippen LogP contribution is 2.44. The third-order valence-electron chi connectivity index (χ3n) is 3.15. The average molecular weight is 263 g/mol. The van der Waals surface area contributed by atoms with Crippen molar-refractivity contribution in [3.05, 3.63) is 17.8 Å². The van der Waals surface area contributed by atoms with Gasteiger partial charge in [0.15, 0.2) is 17.3 Å². The number of aromatic nitrogens is 1. The number of nitrogens with zero attached hydrogens (tertiary/aromatic N) is 1. The first-order valence-electron chi connectivity index (χ1n) is 5.84. The molecule has 0 radical (unpaired) electrons. The lowest BCUT2D eigenvalue weighted by Gasteiger charge is -2.14. The largest absolute Gasteiger partial charge is 0.493 e. The predicted molar refractivity (Wildman–Crippen MR) is 72.6 cm³/mol. The lowest BCUT2D eigenvalue weighted by molar-refractivity contribution is 0.101. The highest BCUT2D eigenvalue weighted by Gasteiger charge is 2.21. The number of hydrogen-bond acceptors (Lipinski definition) is 4. The van der Waals surface area contributed by atoms with E-state index in [2.05, 4.69) is 0 Å². The Morgan fingerprint density at radius 3 is 2.21 bits per heavy atom. The quantitative estimate of drug-likeness (QED) is 0.795. The van der Waals surface area contributed by atoms with Gasteiger partial charge in [-0.1, -0.05) is 0 Å². The number of benzene rings is 1. The molecule has 102 valence electrons. The van der Waals surface area contributed by atoms with Crippen LogP contribution in [0.25, 0.3) is 10.9 Å². The summed E-state index contributed by atoms with van der Waals surface area (Å²) in [6, 6.07) is 1.80. The Morgan fingerprint density at radius 1 is 1.11 bits per heavy atom. The Labute approximate surface area is 111 Å². The van der Waals surface area contributed by atoms with Crippen LogP contribution in [0.1, 0.15) is 17.3 Å². The highest BCUT2D eigenvalue weighted by atomic mass is 16.5. The summed E-state index contributed by atoms with van der Waals surface area (Å²) in [5.41, 5.74) is 1.45.